The molecule has 1 N–H and O–H groups in total. The number of halogens is 1. The second-order valence-electron chi connectivity index (χ2n) is 7.11. The maximum absolute atomic E-state index is 13.7. The Bertz CT molecular complexity index is 1030. The molecule has 1 heterocycles. The smallest absolute Gasteiger partial charge is 0.136 e. The number of benzene rings is 2. The lowest BCUT2D eigenvalue weighted by Gasteiger charge is -2.05. The van der Waals surface area contributed by atoms with Crippen molar-refractivity contribution in [1.29, 1.82) is 5.26 Å². The molecule has 1 aromatic heterocycles. The molecule has 0 fully saturated rings. The number of aryl methyl sites for hydroxylation is 1. The van der Waals surface area contributed by atoms with Crippen LogP contribution >= 0.6 is 11.3 Å². The van der Waals surface area contributed by atoms with E-state index in [9.17, 15) is 9.65 Å². The van der Waals surface area contributed by atoms with E-state index in [4.69, 9.17) is 0 Å². The fraction of sp³-hybridized carbons (Fsp3) is 0.217. The summed E-state index contributed by atoms with van der Waals surface area (Å²) in [5.41, 5.74) is 4.77. The zero-order valence-corrected chi connectivity index (χ0v) is 17.0. The number of anilines is 1. The summed E-state index contributed by atoms with van der Waals surface area (Å²) < 4.78 is 13.7. The monoisotopic (exact) mass is 391 g/mol. The van der Waals surface area contributed by atoms with E-state index in [1.807, 2.05) is 5.38 Å². The fourth-order valence-corrected chi connectivity index (χ4v) is 3.59. The molecule has 0 aliphatic carbocycles. The highest BCUT2D eigenvalue weighted by molar-refractivity contribution is 7.11. The van der Waals surface area contributed by atoms with E-state index in [0.29, 0.717) is 27.7 Å². The molecule has 5 heteroatoms. The molecule has 0 saturated carbocycles. The first kappa shape index (κ1) is 19.8. The Kier molecular flexibility index (Phi) is 6.23. The summed E-state index contributed by atoms with van der Waals surface area (Å²) in [5, 5.41) is 15.0. The van der Waals surface area contributed by atoms with Crippen LogP contribution < -0.4 is 5.32 Å². The molecule has 2 aromatic carbocycles. The molecule has 0 amide bonds. The maximum Gasteiger partial charge on any atom is 0.136 e. The van der Waals surface area contributed by atoms with Crippen LogP contribution in [0.1, 0.15) is 30.0 Å². The highest BCUT2D eigenvalue weighted by Crippen LogP contribution is 2.27. The van der Waals surface area contributed by atoms with Gasteiger partial charge in [0, 0.05) is 22.8 Å². The van der Waals surface area contributed by atoms with Gasteiger partial charge in [0.25, 0.3) is 0 Å². The van der Waals surface area contributed by atoms with Crippen molar-refractivity contribution in [3.8, 4) is 17.3 Å². The third-order valence-corrected chi connectivity index (χ3v) is 5.18. The normalized spacial score (nSPS) is 11.5. The van der Waals surface area contributed by atoms with Gasteiger partial charge in [0.1, 0.15) is 22.5 Å². The number of aromatic nitrogens is 1. The van der Waals surface area contributed by atoms with E-state index in [2.05, 4.69) is 54.5 Å². The quantitative estimate of drug-likeness (QED) is 0.492. The van der Waals surface area contributed by atoms with Crippen LogP contribution in [-0.2, 0) is 6.42 Å². The average Bonchev–Trinajstić information content (AvgIpc) is 3.15. The fourth-order valence-electron chi connectivity index (χ4n) is 2.79. The molecule has 142 valence electrons. The Morgan fingerprint density at radius 1 is 1.25 bits per heavy atom. The standard InChI is InChI=1S/C23H22FN3S/c1-15(2)10-17-5-7-18(8-6-17)22-14-28-23(27-22)19(12-25)13-26-20-9-4-16(3)21(24)11-20/h4-9,11,13-15,26H,10H2,1-3H3/b19-13+. The summed E-state index contributed by atoms with van der Waals surface area (Å²) in [6, 6.07) is 15.4. The van der Waals surface area contributed by atoms with Gasteiger partial charge in [-0.05, 0) is 42.5 Å². The highest BCUT2D eigenvalue weighted by atomic mass is 32.1. The molecule has 3 aromatic rings. The molecule has 0 bridgehead atoms. The number of nitriles is 1. The summed E-state index contributed by atoms with van der Waals surface area (Å²) in [4.78, 5) is 4.60. The Hall–Kier alpha value is -2.97. The molecular weight excluding hydrogens is 369 g/mol. The maximum atomic E-state index is 13.7. The summed E-state index contributed by atoms with van der Waals surface area (Å²) in [6.45, 7) is 6.12. The molecule has 28 heavy (non-hydrogen) atoms. The lowest BCUT2D eigenvalue weighted by atomic mass is 10.0. The molecular formula is C23H22FN3S. The molecule has 0 atom stereocenters. The summed E-state index contributed by atoms with van der Waals surface area (Å²) >= 11 is 1.42. The van der Waals surface area contributed by atoms with Crippen LogP contribution in [0.2, 0.25) is 0 Å². The van der Waals surface area contributed by atoms with Gasteiger partial charge in [0.15, 0.2) is 0 Å². The molecule has 3 nitrogen and oxygen atoms in total. The Morgan fingerprint density at radius 2 is 2.00 bits per heavy atom. The van der Waals surface area contributed by atoms with E-state index in [1.165, 1.54) is 23.0 Å². The number of hydrogen-bond acceptors (Lipinski definition) is 4. The molecule has 0 aliphatic rings. The number of nitrogens with one attached hydrogen (secondary N) is 1. The summed E-state index contributed by atoms with van der Waals surface area (Å²) in [5.74, 6) is 0.337. The van der Waals surface area contributed by atoms with Crippen molar-refractivity contribution in [2.75, 3.05) is 5.32 Å². The topological polar surface area (TPSA) is 48.7 Å². The van der Waals surface area contributed by atoms with Gasteiger partial charge in [-0.15, -0.1) is 11.3 Å². The largest absolute Gasteiger partial charge is 0.360 e. The number of allylic oxidation sites excluding steroid dienone is 1. The van der Waals surface area contributed by atoms with Gasteiger partial charge in [-0.25, -0.2) is 9.37 Å². The van der Waals surface area contributed by atoms with Crippen molar-refractivity contribution in [3.05, 3.63) is 76.0 Å². The van der Waals surface area contributed by atoms with Gasteiger partial charge >= 0.3 is 0 Å². The van der Waals surface area contributed by atoms with E-state index >= 15 is 0 Å². The van der Waals surface area contributed by atoms with Crippen molar-refractivity contribution >= 4 is 22.6 Å². The number of thiazole rings is 1. The van der Waals surface area contributed by atoms with Crippen LogP contribution in [0.4, 0.5) is 10.1 Å². The van der Waals surface area contributed by atoms with E-state index < -0.39 is 0 Å². The van der Waals surface area contributed by atoms with Crippen molar-refractivity contribution in [1.82, 2.24) is 4.98 Å². The first-order valence-corrected chi connectivity index (χ1v) is 10.0. The van der Waals surface area contributed by atoms with Crippen molar-refractivity contribution in [2.24, 2.45) is 5.92 Å². The van der Waals surface area contributed by atoms with Gasteiger partial charge in [-0.1, -0.05) is 44.2 Å². The molecule has 0 aliphatic heterocycles. The second-order valence-corrected chi connectivity index (χ2v) is 7.97. The van der Waals surface area contributed by atoms with Gasteiger partial charge < -0.3 is 5.32 Å². The van der Waals surface area contributed by atoms with Gasteiger partial charge in [-0.3, -0.25) is 0 Å². The zero-order chi connectivity index (χ0) is 20.1. The van der Waals surface area contributed by atoms with Crippen molar-refractivity contribution in [3.63, 3.8) is 0 Å². The van der Waals surface area contributed by atoms with E-state index in [0.717, 1.165) is 17.7 Å². The van der Waals surface area contributed by atoms with Crippen molar-refractivity contribution in [2.45, 2.75) is 27.2 Å². The predicted molar refractivity (Wildman–Crippen MR) is 114 cm³/mol. The lowest BCUT2D eigenvalue weighted by molar-refractivity contribution is 0.619. The predicted octanol–water partition coefficient (Wildman–Crippen LogP) is 6.43. The lowest BCUT2D eigenvalue weighted by Crippen LogP contribution is -1.94. The van der Waals surface area contributed by atoms with Crippen molar-refractivity contribution < 1.29 is 4.39 Å². The number of rotatable bonds is 6. The number of nitrogens with zero attached hydrogens (tertiary/aromatic N) is 2. The minimum atomic E-state index is -0.283. The third kappa shape index (κ3) is 4.85. The molecule has 0 saturated heterocycles. The van der Waals surface area contributed by atoms with Crippen LogP contribution in [0.3, 0.4) is 0 Å². The van der Waals surface area contributed by atoms with Crippen LogP contribution in [-0.4, -0.2) is 4.98 Å². The van der Waals surface area contributed by atoms with Crippen LogP contribution in [0, 0.1) is 30.0 Å². The third-order valence-electron chi connectivity index (χ3n) is 4.30. The molecule has 0 spiro atoms. The van der Waals surface area contributed by atoms with E-state index in [1.54, 1.807) is 25.3 Å². The molecule has 0 unspecified atom stereocenters. The van der Waals surface area contributed by atoms with Crippen LogP contribution in [0.25, 0.3) is 16.8 Å². The van der Waals surface area contributed by atoms with Gasteiger partial charge in [0.2, 0.25) is 0 Å². The molecule has 3 rings (SSSR count). The first-order chi connectivity index (χ1) is 13.5. The zero-order valence-electron chi connectivity index (χ0n) is 16.2. The Morgan fingerprint density at radius 3 is 2.64 bits per heavy atom. The van der Waals surface area contributed by atoms with Gasteiger partial charge in [0.05, 0.1) is 5.69 Å². The number of hydrogen-bond donors (Lipinski definition) is 1. The highest BCUT2D eigenvalue weighted by Gasteiger charge is 2.09. The average molecular weight is 392 g/mol. The molecule has 0 radical (unpaired) electrons. The van der Waals surface area contributed by atoms with Crippen LogP contribution in [0.5, 0.6) is 0 Å². The first-order valence-electron chi connectivity index (χ1n) is 9.14. The minimum absolute atomic E-state index is 0.283. The Balaban J connectivity index is 1.77. The van der Waals surface area contributed by atoms with Crippen LogP contribution in [0.15, 0.2) is 54.0 Å². The minimum Gasteiger partial charge on any atom is -0.360 e. The second kappa shape index (κ2) is 8.81. The van der Waals surface area contributed by atoms with Gasteiger partial charge in [-0.2, -0.15) is 5.26 Å². The Labute approximate surface area is 169 Å². The summed E-state index contributed by atoms with van der Waals surface area (Å²) in [6.07, 6.45) is 2.62. The van der Waals surface area contributed by atoms with E-state index in [-0.39, 0.29) is 5.82 Å². The SMILES string of the molecule is Cc1ccc(N/C=C(\C#N)c2nc(-c3ccc(CC(C)C)cc3)cs2)cc1F. The summed E-state index contributed by atoms with van der Waals surface area (Å²) in [7, 11) is 0.